The Bertz CT molecular complexity index is 1360. The lowest BCUT2D eigenvalue weighted by atomic mass is 9.92. The van der Waals surface area contributed by atoms with Gasteiger partial charge in [-0.1, -0.05) is 19.9 Å². The molecule has 5 heterocycles. The van der Waals surface area contributed by atoms with E-state index in [2.05, 4.69) is 46.2 Å². The highest BCUT2D eigenvalue weighted by molar-refractivity contribution is 5.92. The van der Waals surface area contributed by atoms with Gasteiger partial charge in [0.25, 0.3) is 5.91 Å². The normalized spacial score (nSPS) is 18.0. The largest absolute Gasteiger partial charge is 0.356 e. The van der Waals surface area contributed by atoms with Gasteiger partial charge in [-0.3, -0.25) is 14.8 Å². The van der Waals surface area contributed by atoms with Crippen molar-refractivity contribution in [2.75, 3.05) is 18.0 Å². The Balaban J connectivity index is 1.35. The van der Waals surface area contributed by atoms with Crippen molar-refractivity contribution in [1.29, 1.82) is 0 Å². The van der Waals surface area contributed by atoms with E-state index in [0.717, 1.165) is 52.5 Å². The van der Waals surface area contributed by atoms with Crippen LogP contribution < -0.4 is 10.2 Å². The van der Waals surface area contributed by atoms with Crippen LogP contribution in [0.1, 0.15) is 42.0 Å². The second kappa shape index (κ2) is 9.78. The molecule has 178 valence electrons. The van der Waals surface area contributed by atoms with Gasteiger partial charge in [-0.15, -0.1) is 0 Å². The minimum Gasteiger partial charge on any atom is -0.356 e. The summed E-state index contributed by atoms with van der Waals surface area (Å²) in [6.45, 7) is 8.92. The zero-order chi connectivity index (χ0) is 24.4. The Morgan fingerprint density at radius 1 is 1.00 bits per heavy atom. The third-order valence-electron chi connectivity index (χ3n) is 6.40. The molecule has 2 atom stereocenters. The van der Waals surface area contributed by atoms with Crippen molar-refractivity contribution in [3.05, 3.63) is 77.9 Å². The molecule has 1 saturated heterocycles. The van der Waals surface area contributed by atoms with E-state index in [-0.39, 0.29) is 5.91 Å². The van der Waals surface area contributed by atoms with Crippen LogP contribution in [0.15, 0.2) is 60.9 Å². The number of amides is 1. The third-order valence-corrected chi connectivity index (χ3v) is 6.40. The molecule has 1 N–H and O–H groups in total. The van der Waals surface area contributed by atoms with Gasteiger partial charge in [-0.25, -0.2) is 9.97 Å². The summed E-state index contributed by atoms with van der Waals surface area (Å²) in [6.07, 6.45) is 4.69. The molecule has 1 aliphatic rings. The highest BCUT2D eigenvalue weighted by Crippen LogP contribution is 2.27. The van der Waals surface area contributed by atoms with Crippen LogP contribution >= 0.6 is 0 Å². The number of rotatable bonds is 5. The van der Waals surface area contributed by atoms with Crippen LogP contribution in [0.25, 0.3) is 22.3 Å². The van der Waals surface area contributed by atoms with Gasteiger partial charge in [0.2, 0.25) is 0 Å². The zero-order valence-electron chi connectivity index (χ0n) is 20.4. The number of nitrogens with one attached hydrogen (secondary N) is 1. The van der Waals surface area contributed by atoms with Crippen LogP contribution in [-0.4, -0.2) is 38.9 Å². The van der Waals surface area contributed by atoms with E-state index in [1.165, 1.54) is 6.42 Å². The quantitative estimate of drug-likeness (QED) is 0.455. The molecule has 0 saturated carbocycles. The highest BCUT2D eigenvalue weighted by Gasteiger charge is 2.23. The number of hydrogen-bond acceptors (Lipinski definition) is 6. The first-order valence-electron chi connectivity index (χ1n) is 12.1. The van der Waals surface area contributed by atoms with Gasteiger partial charge in [0, 0.05) is 30.9 Å². The molecule has 0 spiro atoms. The summed E-state index contributed by atoms with van der Waals surface area (Å²) >= 11 is 0. The number of nitrogens with zero attached hydrogens (tertiary/aromatic N) is 5. The number of aromatic nitrogens is 4. The van der Waals surface area contributed by atoms with Gasteiger partial charge in [0.05, 0.1) is 29.1 Å². The number of pyridine rings is 4. The second-order valence-electron chi connectivity index (χ2n) is 9.70. The summed E-state index contributed by atoms with van der Waals surface area (Å²) in [4.78, 5) is 33.3. The maximum absolute atomic E-state index is 12.4. The van der Waals surface area contributed by atoms with E-state index in [1.54, 1.807) is 18.5 Å². The summed E-state index contributed by atoms with van der Waals surface area (Å²) < 4.78 is 0. The van der Waals surface area contributed by atoms with Gasteiger partial charge >= 0.3 is 0 Å². The predicted octanol–water partition coefficient (Wildman–Crippen LogP) is 4.81. The Morgan fingerprint density at radius 3 is 2.60 bits per heavy atom. The fraction of sp³-hybridized carbons (Fsp3) is 0.321. The fourth-order valence-electron chi connectivity index (χ4n) is 4.81. The molecule has 0 bridgehead atoms. The summed E-state index contributed by atoms with van der Waals surface area (Å²) in [5.74, 6) is 2.11. The summed E-state index contributed by atoms with van der Waals surface area (Å²) in [5.41, 5.74) is 4.63. The second-order valence-corrected chi connectivity index (χ2v) is 9.70. The SMILES string of the molecule is Cc1ccnc(C(=O)NCc2cc3nc(-c4cccc(N5CC(C)CC(C)C5)n4)ccc3cn2)c1. The first kappa shape index (κ1) is 22.9. The molecule has 1 aliphatic heterocycles. The Labute approximate surface area is 205 Å². The van der Waals surface area contributed by atoms with Crippen LogP contribution in [0, 0.1) is 18.8 Å². The molecule has 2 unspecified atom stereocenters. The average molecular weight is 467 g/mol. The van der Waals surface area contributed by atoms with E-state index in [9.17, 15) is 4.79 Å². The predicted molar refractivity (Wildman–Crippen MR) is 138 cm³/mol. The topological polar surface area (TPSA) is 83.9 Å². The van der Waals surface area contributed by atoms with E-state index in [0.29, 0.717) is 24.1 Å². The lowest BCUT2D eigenvalue weighted by Crippen LogP contribution is -2.39. The first-order valence-corrected chi connectivity index (χ1v) is 12.1. The van der Waals surface area contributed by atoms with Crippen LogP contribution in [-0.2, 0) is 6.54 Å². The summed E-state index contributed by atoms with van der Waals surface area (Å²) in [5, 5.41) is 3.84. The molecular weight excluding hydrogens is 436 g/mol. The maximum atomic E-state index is 12.4. The van der Waals surface area contributed by atoms with Crippen molar-refractivity contribution in [3.8, 4) is 11.4 Å². The van der Waals surface area contributed by atoms with E-state index >= 15 is 0 Å². The zero-order valence-corrected chi connectivity index (χ0v) is 20.4. The van der Waals surface area contributed by atoms with E-state index < -0.39 is 0 Å². The highest BCUT2D eigenvalue weighted by atomic mass is 16.1. The molecule has 1 amide bonds. The molecule has 0 aromatic carbocycles. The molecule has 0 radical (unpaired) electrons. The van der Waals surface area contributed by atoms with E-state index in [1.807, 2.05) is 37.3 Å². The molecule has 0 aliphatic carbocycles. The van der Waals surface area contributed by atoms with E-state index in [4.69, 9.17) is 9.97 Å². The van der Waals surface area contributed by atoms with Gasteiger partial charge in [-0.05, 0) is 73.2 Å². The average Bonchev–Trinajstić information content (AvgIpc) is 2.86. The number of anilines is 1. The molecule has 7 nitrogen and oxygen atoms in total. The number of fused-ring (bicyclic) bond motifs is 1. The summed E-state index contributed by atoms with van der Waals surface area (Å²) in [7, 11) is 0. The smallest absolute Gasteiger partial charge is 0.270 e. The van der Waals surface area contributed by atoms with Crippen LogP contribution in [0.2, 0.25) is 0 Å². The van der Waals surface area contributed by atoms with Crippen LogP contribution in [0.3, 0.4) is 0 Å². The molecule has 7 heteroatoms. The van der Waals surface area contributed by atoms with Crippen molar-refractivity contribution in [1.82, 2.24) is 25.3 Å². The standard InChI is InChI=1S/C28H30N6O/c1-18-9-10-29-26(12-18)28(35)31-15-22-13-25-21(14-30-22)7-8-24(32-25)23-5-4-6-27(33-23)34-16-19(2)11-20(3)17-34/h4-10,12-14,19-20H,11,15-17H2,1-3H3,(H,31,35). The molecule has 4 aromatic rings. The van der Waals surface area contributed by atoms with Gasteiger partial charge in [-0.2, -0.15) is 0 Å². The third kappa shape index (κ3) is 5.29. The minimum atomic E-state index is -0.223. The molecule has 35 heavy (non-hydrogen) atoms. The molecule has 4 aromatic heterocycles. The van der Waals surface area contributed by atoms with Crippen molar-refractivity contribution in [3.63, 3.8) is 0 Å². The molecular formula is C28H30N6O. The Morgan fingerprint density at radius 2 is 1.80 bits per heavy atom. The lowest BCUT2D eigenvalue weighted by molar-refractivity contribution is 0.0945. The van der Waals surface area contributed by atoms with Crippen LogP contribution in [0.5, 0.6) is 0 Å². The van der Waals surface area contributed by atoms with Gasteiger partial charge < -0.3 is 10.2 Å². The van der Waals surface area contributed by atoms with Crippen molar-refractivity contribution < 1.29 is 4.79 Å². The lowest BCUT2D eigenvalue weighted by Gasteiger charge is -2.35. The Kier molecular flexibility index (Phi) is 6.40. The number of hydrogen-bond donors (Lipinski definition) is 1. The van der Waals surface area contributed by atoms with Gasteiger partial charge in [0.15, 0.2) is 0 Å². The molecule has 1 fully saturated rings. The monoisotopic (exact) mass is 466 g/mol. The van der Waals surface area contributed by atoms with Crippen molar-refractivity contribution >= 4 is 22.6 Å². The van der Waals surface area contributed by atoms with Crippen LogP contribution in [0.4, 0.5) is 5.82 Å². The number of carbonyl (C=O) groups is 1. The van der Waals surface area contributed by atoms with Crippen molar-refractivity contribution in [2.24, 2.45) is 11.8 Å². The maximum Gasteiger partial charge on any atom is 0.270 e. The number of piperidine rings is 1. The van der Waals surface area contributed by atoms with Gasteiger partial charge in [0.1, 0.15) is 11.5 Å². The minimum absolute atomic E-state index is 0.223. The number of carbonyl (C=O) groups excluding carboxylic acids is 1. The molecule has 5 rings (SSSR count). The van der Waals surface area contributed by atoms with Crippen molar-refractivity contribution in [2.45, 2.75) is 33.7 Å². The summed E-state index contributed by atoms with van der Waals surface area (Å²) in [6, 6.07) is 15.7. The Hall–Kier alpha value is -3.87. The number of aryl methyl sites for hydroxylation is 1. The first-order chi connectivity index (χ1) is 16.9. The fourth-order valence-corrected chi connectivity index (χ4v) is 4.81.